The lowest BCUT2D eigenvalue weighted by molar-refractivity contribution is 0.0768. The topological polar surface area (TPSA) is 75.8 Å². The van der Waals surface area contributed by atoms with E-state index in [1.54, 1.807) is 0 Å². The molecule has 0 unspecified atom stereocenters. The van der Waals surface area contributed by atoms with Crippen molar-refractivity contribution in [2.75, 3.05) is 47.7 Å². The molecule has 0 aromatic heterocycles. The van der Waals surface area contributed by atoms with Crippen LogP contribution >= 0.6 is 24.4 Å². The van der Waals surface area contributed by atoms with Crippen LogP contribution in [-0.2, 0) is 4.74 Å². The van der Waals surface area contributed by atoms with Gasteiger partial charge in [0, 0.05) is 11.4 Å². The molecule has 0 aliphatic carbocycles. The number of rotatable bonds is 12. The average Bonchev–Trinajstić information content (AvgIpc) is 2.95. The molecule has 0 amide bonds. The Hall–Kier alpha value is -4.18. The lowest BCUT2D eigenvalue weighted by atomic mass is 10.3. The summed E-state index contributed by atoms with van der Waals surface area (Å²) in [5.41, 5.74) is 3.37. The zero-order chi connectivity index (χ0) is 27.1. The molecule has 4 N–H and O–H groups in total. The van der Waals surface area contributed by atoms with E-state index in [4.69, 9.17) is 38.6 Å². The molecule has 4 aromatic carbocycles. The van der Waals surface area contributed by atoms with Gasteiger partial charge in [0.05, 0.1) is 24.6 Å². The maximum Gasteiger partial charge on any atom is 0.175 e. The summed E-state index contributed by atoms with van der Waals surface area (Å²) in [6, 6.07) is 34.8. The van der Waals surface area contributed by atoms with Crippen LogP contribution in [0, 0.1) is 0 Å². The van der Waals surface area contributed by atoms with Crippen molar-refractivity contribution in [3.63, 3.8) is 0 Å². The Morgan fingerprint density at radius 2 is 0.846 bits per heavy atom. The van der Waals surface area contributed by atoms with Crippen LogP contribution in [0.15, 0.2) is 109 Å². The van der Waals surface area contributed by atoms with Crippen LogP contribution in [-0.4, -0.2) is 36.7 Å². The van der Waals surface area contributed by atoms with E-state index in [0.717, 1.165) is 22.7 Å². The number of benzene rings is 4. The van der Waals surface area contributed by atoms with Gasteiger partial charge in [0.2, 0.25) is 0 Å². The number of ether oxygens (including phenoxy) is 3. The normalized spacial score (nSPS) is 10.3. The summed E-state index contributed by atoms with van der Waals surface area (Å²) >= 11 is 10.9. The van der Waals surface area contributed by atoms with Gasteiger partial charge in [-0.2, -0.15) is 0 Å². The van der Waals surface area contributed by atoms with Crippen molar-refractivity contribution >= 4 is 57.4 Å². The highest BCUT2D eigenvalue weighted by Crippen LogP contribution is 2.25. The molecule has 0 aliphatic rings. The van der Waals surface area contributed by atoms with E-state index in [0.29, 0.717) is 48.2 Å². The Morgan fingerprint density at radius 3 is 1.28 bits per heavy atom. The zero-order valence-corrected chi connectivity index (χ0v) is 22.9. The van der Waals surface area contributed by atoms with Gasteiger partial charge in [-0.3, -0.25) is 0 Å². The van der Waals surface area contributed by atoms with Crippen molar-refractivity contribution < 1.29 is 14.2 Å². The minimum absolute atomic E-state index is 0.384. The SMILES string of the molecule is S=C(Nc1ccccc1)Nc1ccccc1OCCOCCOc1ccccc1NC(=S)Nc1ccccc1. The smallest absolute Gasteiger partial charge is 0.175 e. The molecule has 4 rings (SSSR count). The zero-order valence-electron chi connectivity index (χ0n) is 21.3. The highest BCUT2D eigenvalue weighted by molar-refractivity contribution is 7.81. The molecule has 0 atom stereocenters. The van der Waals surface area contributed by atoms with Gasteiger partial charge in [-0.1, -0.05) is 60.7 Å². The van der Waals surface area contributed by atoms with Crippen LogP contribution in [0.4, 0.5) is 22.7 Å². The number of thiocarbonyl (C=S) groups is 2. The largest absolute Gasteiger partial charge is 0.489 e. The molecule has 0 aliphatic heterocycles. The van der Waals surface area contributed by atoms with Crippen LogP contribution in [0.3, 0.4) is 0 Å². The summed E-state index contributed by atoms with van der Waals surface area (Å²) in [7, 11) is 0. The van der Waals surface area contributed by atoms with Crippen molar-refractivity contribution in [2.45, 2.75) is 0 Å². The average molecular weight is 559 g/mol. The highest BCUT2D eigenvalue weighted by atomic mass is 32.1. The highest BCUT2D eigenvalue weighted by Gasteiger charge is 2.07. The van der Waals surface area contributed by atoms with E-state index in [1.807, 2.05) is 109 Å². The van der Waals surface area contributed by atoms with Gasteiger partial charge < -0.3 is 35.5 Å². The molecule has 39 heavy (non-hydrogen) atoms. The monoisotopic (exact) mass is 558 g/mol. The predicted molar refractivity (Wildman–Crippen MR) is 167 cm³/mol. The van der Waals surface area contributed by atoms with E-state index in [1.165, 1.54) is 0 Å². The van der Waals surface area contributed by atoms with E-state index in [-0.39, 0.29) is 0 Å². The predicted octanol–water partition coefficient (Wildman–Crippen LogP) is 6.78. The minimum Gasteiger partial charge on any atom is -0.489 e. The molecule has 0 saturated carbocycles. The number of nitrogens with one attached hydrogen (secondary N) is 4. The summed E-state index contributed by atoms with van der Waals surface area (Å²) in [4.78, 5) is 0. The second kappa shape index (κ2) is 15.3. The Balaban J connectivity index is 1.16. The first-order valence-corrected chi connectivity index (χ1v) is 13.3. The summed E-state index contributed by atoms with van der Waals surface area (Å²) in [5, 5.41) is 13.7. The van der Waals surface area contributed by atoms with Gasteiger partial charge in [0.15, 0.2) is 10.2 Å². The van der Waals surface area contributed by atoms with E-state index in [2.05, 4.69) is 21.3 Å². The second-order valence-corrected chi connectivity index (χ2v) is 9.01. The maximum absolute atomic E-state index is 5.92. The van der Waals surface area contributed by atoms with Crippen molar-refractivity contribution in [2.24, 2.45) is 0 Å². The van der Waals surface area contributed by atoms with Gasteiger partial charge >= 0.3 is 0 Å². The summed E-state index contributed by atoms with van der Waals surface area (Å²) in [5.74, 6) is 1.38. The number of anilines is 4. The molecule has 9 heteroatoms. The van der Waals surface area contributed by atoms with Gasteiger partial charge in [-0.25, -0.2) is 0 Å². The molecular formula is C30H30N4O3S2. The summed E-state index contributed by atoms with van der Waals surface area (Å²) in [6.07, 6.45) is 0. The summed E-state index contributed by atoms with van der Waals surface area (Å²) < 4.78 is 17.5. The Labute approximate surface area is 239 Å². The van der Waals surface area contributed by atoms with Gasteiger partial charge in [0.1, 0.15) is 24.7 Å². The Kier molecular flexibility index (Phi) is 10.9. The fourth-order valence-electron chi connectivity index (χ4n) is 3.53. The van der Waals surface area contributed by atoms with Gasteiger partial charge in [-0.05, 0) is 73.0 Å². The number of hydrogen-bond donors (Lipinski definition) is 4. The van der Waals surface area contributed by atoms with Gasteiger partial charge in [-0.15, -0.1) is 0 Å². The molecule has 0 radical (unpaired) electrons. The van der Waals surface area contributed by atoms with E-state index < -0.39 is 0 Å². The Bertz CT molecular complexity index is 1240. The molecule has 0 saturated heterocycles. The second-order valence-electron chi connectivity index (χ2n) is 8.19. The van der Waals surface area contributed by atoms with Crippen LogP contribution in [0.25, 0.3) is 0 Å². The maximum atomic E-state index is 5.92. The standard InChI is InChI=1S/C30H30N4O3S2/c38-29(31-23-11-3-1-4-12-23)33-25-15-7-9-17-27(25)36-21-19-35-20-22-37-28-18-10-8-16-26(28)34-30(39)32-24-13-5-2-6-14-24/h1-18H,19-22H2,(H2,31,33,38)(H2,32,34,39). The van der Waals surface area contributed by atoms with Crippen LogP contribution in [0.5, 0.6) is 11.5 Å². The van der Waals surface area contributed by atoms with E-state index in [9.17, 15) is 0 Å². The van der Waals surface area contributed by atoms with Crippen LogP contribution in [0.1, 0.15) is 0 Å². The fourth-order valence-corrected chi connectivity index (χ4v) is 3.98. The van der Waals surface area contributed by atoms with Crippen molar-refractivity contribution in [3.05, 3.63) is 109 Å². The molecule has 0 heterocycles. The molecule has 4 aromatic rings. The lowest BCUT2D eigenvalue weighted by Gasteiger charge is -2.16. The quantitative estimate of drug-likeness (QED) is 0.111. The van der Waals surface area contributed by atoms with Gasteiger partial charge in [0.25, 0.3) is 0 Å². The first-order valence-electron chi connectivity index (χ1n) is 12.4. The third-order valence-corrected chi connectivity index (χ3v) is 5.71. The molecule has 0 bridgehead atoms. The third-order valence-electron chi connectivity index (χ3n) is 5.30. The first-order chi connectivity index (χ1) is 19.2. The Morgan fingerprint density at radius 1 is 0.462 bits per heavy atom. The number of para-hydroxylation sites is 6. The first kappa shape index (κ1) is 27.8. The molecular weight excluding hydrogens is 528 g/mol. The molecule has 200 valence electrons. The fraction of sp³-hybridized carbons (Fsp3) is 0.133. The number of hydrogen-bond acceptors (Lipinski definition) is 5. The summed E-state index contributed by atoms with van der Waals surface area (Å²) in [6.45, 7) is 1.59. The molecule has 7 nitrogen and oxygen atoms in total. The van der Waals surface area contributed by atoms with Crippen LogP contribution < -0.4 is 30.7 Å². The van der Waals surface area contributed by atoms with Crippen molar-refractivity contribution in [1.29, 1.82) is 0 Å². The molecule has 0 fully saturated rings. The van der Waals surface area contributed by atoms with E-state index >= 15 is 0 Å². The van der Waals surface area contributed by atoms with Crippen molar-refractivity contribution in [3.8, 4) is 11.5 Å². The lowest BCUT2D eigenvalue weighted by Crippen LogP contribution is -2.20. The van der Waals surface area contributed by atoms with Crippen molar-refractivity contribution in [1.82, 2.24) is 0 Å². The van der Waals surface area contributed by atoms with Crippen LogP contribution in [0.2, 0.25) is 0 Å². The molecule has 0 spiro atoms. The third kappa shape index (κ3) is 9.57. The minimum atomic E-state index is 0.384.